The molecule has 2 heterocycles. The summed E-state index contributed by atoms with van der Waals surface area (Å²) in [5, 5.41) is 19.2. The molecule has 0 radical (unpaired) electrons. The van der Waals surface area contributed by atoms with Crippen LogP contribution in [0.1, 0.15) is 110 Å². The summed E-state index contributed by atoms with van der Waals surface area (Å²) in [5.41, 5.74) is -1.00. The third-order valence-electron chi connectivity index (χ3n) is 12.8. The maximum Gasteiger partial charge on any atom is 0.343 e. The fourth-order valence-electron chi connectivity index (χ4n) is 7.66. The van der Waals surface area contributed by atoms with Crippen molar-refractivity contribution in [2.75, 3.05) is 19.8 Å². The number of ether oxygens (including phenoxy) is 1. The van der Waals surface area contributed by atoms with Gasteiger partial charge < -0.3 is 28.5 Å². The lowest BCUT2D eigenvalue weighted by molar-refractivity contribution is 0.0522. The number of fused-ring (bicyclic) bond motifs is 2. The van der Waals surface area contributed by atoms with E-state index in [0.29, 0.717) is 12.1 Å². The second-order valence-corrected chi connectivity index (χ2v) is 24.8. The number of carboxylic acids is 1. The number of pyridine rings is 2. The van der Waals surface area contributed by atoms with Crippen LogP contribution in [0.2, 0.25) is 28.2 Å². The van der Waals surface area contributed by atoms with Crippen LogP contribution in [0.5, 0.6) is 0 Å². The minimum Gasteiger partial charge on any atom is -0.477 e. The van der Waals surface area contributed by atoms with Crippen molar-refractivity contribution in [2.45, 2.75) is 98.4 Å². The summed E-state index contributed by atoms with van der Waals surface area (Å²) in [6.45, 7) is 20.2. The van der Waals surface area contributed by atoms with Crippen molar-refractivity contribution >= 4 is 65.3 Å². The Morgan fingerprint density at radius 3 is 1.55 bits per heavy atom. The quantitative estimate of drug-likeness (QED) is 0.0589. The molecule has 0 saturated heterocycles. The summed E-state index contributed by atoms with van der Waals surface area (Å²) >= 11 is 11.7. The van der Waals surface area contributed by atoms with Gasteiger partial charge in [-0.15, -0.1) is 0 Å². The topological polar surface area (TPSA) is 137 Å². The van der Waals surface area contributed by atoms with Crippen molar-refractivity contribution in [3.63, 3.8) is 0 Å². The van der Waals surface area contributed by atoms with Crippen molar-refractivity contribution in [2.24, 2.45) is 11.8 Å². The summed E-state index contributed by atoms with van der Waals surface area (Å²) < 4.78 is 74.2. The van der Waals surface area contributed by atoms with Crippen molar-refractivity contribution in [3.8, 4) is 0 Å². The molecule has 17 heteroatoms. The van der Waals surface area contributed by atoms with Gasteiger partial charge in [0.2, 0.25) is 10.9 Å². The second kappa shape index (κ2) is 22.2. The molecule has 0 fully saturated rings. The molecule has 0 unspecified atom stereocenters. The maximum atomic E-state index is 15.5. The van der Waals surface area contributed by atoms with Gasteiger partial charge in [-0.2, -0.15) is 0 Å². The number of carbonyl (C=O) groups is 2. The van der Waals surface area contributed by atoms with Gasteiger partial charge in [-0.05, 0) is 95.5 Å². The Balaban J connectivity index is 0.000000266. The number of aromatic carboxylic acids is 1. The second-order valence-electron chi connectivity index (χ2n) is 19.2. The molecule has 10 nitrogen and oxygen atoms in total. The van der Waals surface area contributed by atoms with Gasteiger partial charge in [0.15, 0.2) is 8.32 Å². The minimum atomic E-state index is -2.13. The molecule has 6 rings (SSSR count). The lowest BCUT2D eigenvalue weighted by Gasteiger charge is -2.38. The van der Waals surface area contributed by atoms with Crippen LogP contribution in [-0.4, -0.2) is 59.4 Å². The fraction of sp³-hybridized carbons (Fsp3) is 0.385. The predicted molar refractivity (Wildman–Crippen MR) is 266 cm³/mol. The summed E-state index contributed by atoms with van der Waals surface area (Å²) in [7, 11) is -2.13. The zero-order chi connectivity index (χ0) is 51.4. The Morgan fingerprint density at radius 2 is 1.14 bits per heavy atom. The van der Waals surface area contributed by atoms with Crippen LogP contribution in [0.15, 0.2) is 82.6 Å². The third kappa shape index (κ3) is 12.0. The first-order valence-electron chi connectivity index (χ1n) is 22.5. The zero-order valence-electron chi connectivity index (χ0n) is 40.3. The summed E-state index contributed by atoms with van der Waals surface area (Å²) in [5.74, 6) is -4.87. The molecule has 69 heavy (non-hydrogen) atoms. The highest BCUT2D eigenvalue weighted by Crippen LogP contribution is 2.38. The van der Waals surface area contributed by atoms with Crippen molar-refractivity contribution in [1.29, 1.82) is 0 Å². The maximum absolute atomic E-state index is 15.5. The molecule has 2 aromatic heterocycles. The number of aliphatic hydroxyl groups excluding tert-OH is 1. The molecule has 2 N–H and O–H groups in total. The van der Waals surface area contributed by atoms with E-state index in [4.69, 9.17) is 32.4 Å². The number of esters is 1. The Hall–Kier alpha value is -5.32. The van der Waals surface area contributed by atoms with Crippen LogP contribution >= 0.6 is 23.2 Å². The van der Waals surface area contributed by atoms with E-state index in [-0.39, 0.29) is 103 Å². The molecule has 0 spiro atoms. The summed E-state index contributed by atoms with van der Waals surface area (Å²) in [6.07, 6.45) is 2.31. The van der Waals surface area contributed by atoms with Crippen LogP contribution < -0.4 is 10.9 Å². The molecule has 0 saturated carbocycles. The van der Waals surface area contributed by atoms with E-state index in [1.165, 1.54) is 59.3 Å². The zero-order valence-corrected chi connectivity index (χ0v) is 42.8. The molecule has 0 amide bonds. The number of nitrogens with zero attached hydrogens (tertiary/aromatic N) is 2. The minimum absolute atomic E-state index is 0.0205. The largest absolute Gasteiger partial charge is 0.477 e. The molecular formula is C52H58Cl2F4N2O8Si. The lowest BCUT2D eigenvalue weighted by Crippen LogP contribution is -2.42. The predicted octanol–water partition coefficient (Wildman–Crippen LogP) is 12.3. The average molecular weight is 1010 g/mol. The van der Waals surface area contributed by atoms with Crippen LogP contribution in [-0.2, 0) is 22.0 Å². The monoisotopic (exact) mass is 1010 g/mol. The van der Waals surface area contributed by atoms with Gasteiger partial charge in [-0.1, -0.05) is 95.9 Å². The number of aliphatic hydroxyl groups is 1. The SMILES string of the molecule is CC(C)[C@@H](CO)n1cc(C(=O)O)c(=O)c2cc(Cc3cccc(Cl)c3F)c(F)cc21.CCOC(=O)c1cn([C@H](CO[Si](C)(C)C(C)(C)C)C(C)C)c2cc(F)c(Cc3cccc(Cl)c3F)cc2c1=O. The molecular weight excluding hydrogens is 956 g/mol. The van der Waals surface area contributed by atoms with Gasteiger partial charge in [-0.3, -0.25) is 9.59 Å². The van der Waals surface area contributed by atoms with E-state index < -0.39 is 66.0 Å². The molecule has 2 atom stereocenters. The standard InChI is InChI=1S/C30H38ClF2NO4Si.C22H20ClF2NO4/c1-9-37-29(36)22-16-34(26(18(2)3)17-38-39(7,8)30(4,5)6)25-15-24(32)20(14-21(25)28(22)35)13-19-11-10-12-23(31)27(19)33;1-11(2)19(10-27)26-9-15(22(29)30)21(28)14-7-13(17(24)8-18(14)26)6-12-4-3-5-16(23)20(12)25/h10-12,14-16,18,26H,9,13,17H2,1-8H3;3-5,7-9,11,19,27H,6,10H2,1-2H3,(H,29,30)/t26-;19-/m11/s1. The van der Waals surface area contributed by atoms with Crippen molar-refractivity contribution in [3.05, 3.63) is 160 Å². The van der Waals surface area contributed by atoms with Crippen LogP contribution in [0.3, 0.4) is 0 Å². The molecule has 6 aromatic rings. The number of carboxylic acid groups (broad SMARTS) is 1. The molecule has 0 aliphatic rings. The highest BCUT2D eigenvalue weighted by atomic mass is 35.5. The lowest BCUT2D eigenvalue weighted by atomic mass is 9.99. The Kier molecular flexibility index (Phi) is 17.6. The molecule has 0 aliphatic heterocycles. The first kappa shape index (κ1) is 54.6. The van der Waals surface area contributed by atoms with Crippen molar-refractivity contribution in [1.82, 2.24) is 9.13 Å². The van der Waals surface area contributed by atoms with Gasteiger partial charge in [0.05, 0.1) is 53.0 Å². The highest BCUT2D eigenvalue weighted by Gasteiger charge is 2.38. The number of benzene rings is 4. The number of carbonyl (C=O) groups excluding carboxylic acids is 1. The van der Waals surface area contributed by atoms with E-state index in [0.717, 1.165) is 12.3 Å². The smallest absolute Gasteiger partial charge is 0.343 e. The number of rotatable bonds is 15. The van der Waals surface area contributed by atoms with E-state index in [9.17, 15) is 42.6 Å². The van der Waals surface area contributed by atoms with Gasteiger partial charge in [0.1, 0.15) is 34.4 Å². The Labute approximate surface area is 409 Å². The molecule has 0 bridgehead atoms. The van der Waals surface area contributed by atoms with E-state index in [1.54, 1.807) is 17.6 Å². The Bertz CT molecular complexity index is 3020. The van der Waals surface area contributed by atoms with Crippen molar-refractivity contribution < 1.29 is 46.5 Å². The number of hydrogen-bond acceptors (Lipinski definition) is 7. The third-order valence-corrected chi connectivity index (χ3v) is 17.9. The average Bonchev–Trinajstić information content (AvgIpc) is 3.26. The van der Waals surface area contributed by atoms with Gasteiger partial charge in [-0.25, -0.2) is 27.2 Å². The Morgan fingerprint density at radius 1 is 0.710 bits per heavy atom. The van der Waals surface area contributed by atoms with E-state index in [2.05, 4.69) is 33.9 Å². The van der Waals surface area contributed by atoms with E-state index in [1.807, 2.05) is 27.7 Å². The van der Waals surface area contributed by atoms with Crippen LogP contribution in [0.4, 0.5) is 17.6 Å². The first-order valence-corrected chi connectivity index (χ1v) is 26.2. The number of hydrogen-bond donors (Lipinski definition) is 2. The van der Waals surface area contributed by atoms with E-state index >= 15 is 4.39 Å². The molecule has 370 valence electrons. The van der Waals surface area contributed by atoms with Gasteiger partial charge in [0, 0.05) is 36.0 Å². The molecule has 4 aromatic carbocycles. The normalized spacial score (nSPS) is 12.9. The first-order chi connectivity index (χ1) is 32.2. The number of halogens is 6. The van der Waals surface area contributed by atoms with Gasteiger partial charge >= 0.3 is 11.9 Å². The molecule has 0 aliphatic carbocycles. The summed E-state index contributed by atoms with van der Waals surface area (Å²) in [6, 6.07) is 13.1. The van der Waals surface area contributed by atoms with Gasteiger partial charge in [0.25, 0.3) is 0 Å². The highest BCUT2D eigenvalue weighted by molar-refractivity contribution is 6.74. The van der Waals surface area contributed by atoms with Crippen LogP contribution in [0, 0.1) is 35.1 Å². The summed E-state index contributed by atoms with van der Waals surface area (Å²) in [4.78, 5) is 50.7. The number of aromatic nitrogens is 2. The fourth-order valence-corrected chi connectivity index (χ4v) is 9.07. The van der Waals surface area contributed by atoms with Crippen LogP contribution in [0.25, 0.3) is 21.8 Å².